The Morgan fingerprint density at radius 2 is 1.67 bits per heavy atom. The molecule has 0 aliphatic carbocycles. The van der Waals surface area contributed by atoms with E-state index >= 15 is 0 Å². The molecule has 3 aromatic rings. The molecule has 4 rings (SSSR count). The molecule has 10 heteroatoms. The number of benzene rings is 1. The Labute approximate surface area is 190 Å². The molecular formula is C20H16Cl2FN3O2S2. The highest BCUT2D eigenvalue weighted by atomic mass is 35.5. The lowest BCUT2D eigenvalue weighted by Gasteiger charge is -2.34. The molecule has 2 amide bonds. The number of aromatic nitrogens is 1. The first-order valence-electron chi connectivity index (χ1n) is 9.10. The van der Waals surface area contributed by atoms with Crippen LogP contribution in [0.3, 0.4) is 0 Å². The molecule has 5 nitrogen and oxygen atoms in total. The van der Waals surface area contributed by atoms with Crippen molar-refractivity contribution in [1.29, 1.82) is 0 Å². The van der Waals surface area contributed by atoms with Crippen LogP contribution in [0.1, 0.15) is 25.7 Å². The maximum Gasteiger partial charge on any atom is 0.265 e. The molecule has 1 fully saturated rings. The topological polar surface area (TPSA) is 53.5 Å². The first-order chi connectivity index (χ1) is 14.3. The first kappa shape index (κ1) is 21.2. The smallest absolute Gasteiger partial charge is 0.265 e. The van der Waals surface area contributed by atoms with Crippen molar-refractivity contribution in [3.05, 3.63) is 61.6 Å². The third kappa shape index (κ3) is 4.23. The van der Waals surface area contributed by atoms with Gasteiger partial charge in [0.05, 0.1) is 20.5 Å². The van der Waals surface area contributed by atoms with E-state index < -0.39 is 11.7 Å². The highest BCUT2D eigenvalue weighted by Crippen LogP contribution is 2.35. The zero-order valence-corrected chi connectivity index (χ0v) is 19.0. The molecule has 1 saturated heterocycles. The summed E-state index contributed by atoms with van der Waals surface area (Å²) in [6.45, 7) is 3.18. The van der Waals surface area contributed by atoms with Gasteiger partial charge in [0.15, 0.2) is 0 Å². The average molecular weight is 484 g/mol. The van der Waals surface area contributed by atoms with Crippen LogP contribution in [-0.2, 0) is 0 Å². The van der Waals surface area contributed by atoms with Crippen LogP contribution in [0.2, 0.25) is 9.36 Å². The van der Waals surface area contributed by atoms with Crippen LogP contribution in [-0.4, -0.2) is 52.8 Å². The number of aryl methyl sites for hydroxylation is 1. The van der Waals surface area contributed by atoms with Gasteiger partial charge in [-0.1, -0.05) is 23.2 Å². The molecule has 1 aliphatic heterocycles. The molecule has 1 aromatic carbocycles. The maximum atomic E-state index is 14.0. The number of carbonyl (C=O) groups is 2. The van der Waals surface area contributed by atoms with Gasteiger partial charge in [-0.05, 0) is 37.3 Å². The number of piperazine rings is 1. The predicted octanol–water partition coefficient (Wildman–Crippen LogP) is 5.22. The van der Waals surface area contributed by atoms with E-state index in [1.807, 2.05) is 13.0 Å². The normalized spacial score (nSPS) is 14.3. The fourth-order valence-corrected chi connectivity index (χ4v) is 5.52. The number of rotatable bonds is 3. The van der Waals surface area contributed by atoms with Gasteiger partial charge in [-0.15, -0.1) is 22.7 Å². The first-order valence-corrected chi connectivity index (χ1v) is 11.5. The van der Waals surface area contributed by atoms with E-state index in [2.05, 4.69) is 4.98 Å². The van der Waals surface area contributed by atoms with E-state index in [0.717, 1.165) is 9.88 Å². The molecule has 1 aliphatic rings. The summed E-state index contributed by atoms with van der Waals surface area (Å²) in [5.41, 5.74) is 0.615. The van der Waals surface area contributed by atoms with E-state index in [0.29, 0.717) is 46.1 Å². The van der Waals surface area contributed by atoms with Gasteiger partial charge in [0.25, 0.3) is 11.8 Å². The lowest BCUT2D eigenvalue weighted by atomic mass is 10.1. The minimum atomic E-state index is -0.607. The summed E-state index contributed by atoms with van der Waals surface area (Å²) in [5, 5.41) is 1.06. The maximum absolute atomic E-state index is 14.0. The summed E-state index contributed by atoms with van der Waals surface area (Å²) >= 11 is 14.7. The standard InChI is InChI=1S/C20H16Cl2FN3O2S2/c1-11-17(30-18(24-11)15-4-5-16(22)29-15)20(28)26-8-6-25(7-9-26)19(27)13-10-12(21)2-3-14(13)23/h2-5,10H,6-9H2,1H3. The fraction of sp³-hybridized carbons (Fsp3) is 0.250. The van der Waals surface area contributed by atoms with E-state index in [9.17, 15) is 14.0 Å². The monoisotopic (exact) mass is 483 g/mol. The minimum Gasteiger partial charge on any atom is -0.335 e. The Balaban J connectivity index is 1.44. The second-order valence-corrected chi connectivity index (χ2v) is 9.90. The van der Waals surface area contributed by atoms with Crippen LogP contribution >= 0.6 is 45.9 Å². The largest absolute Gasteiger partial charge is 0.335 e. The number of hydrogen-bond acceptors (Lipinski definition) is 5. The lowest BCUT2D eigenvalue weighted by molar-refractivity contribution is 0.0535. The summed E-state index contributed by atoms with van der Waals surface area (Å²) in [4.78, 5) is 34.9. The van der Waals surface area contributed by atoms with Crippen molar-refractivity contribution >= 4 is 57.7 Å². The molecule has 0 spiro atoms. The Hall–Kier alpha value is -2.00. The molecular weight excluding hydrogens is 468 g/mol. The number of hydrogen-bond donors (Lipinski definition) is 0. The van der Waals surface area contributed by atoms with Gasteiger partial charge in [-0.2, -0.15) is 0 Å². The summed E-state index contributed by atoms with van der Waals surface area (Å²) in [5.74, 6) is -1.14. The number of thiophene rings is 1. The van der Waals surface area contributed by atoms with Gasteiger partial charge in [0.1, 0.15) is 15.7 Å². The van der Waals surface area contributed by atoms with E-state index in [1.165, 1.54) is 45.8 Å². The van der Waals surface area contributed by atoms with Gasteiger partial charge in [-0.3, -0.25) is 9.59 Å². The van der Waals surface area contributed by atoms with Crippen molar-refractivity contribution in [3.63, 3.8) is 0 Å². The van der Waals surface area contributed by atoms with Crippen LogP contribution < -0.4 is 0 Å². The molecule has 0 unspecified atom stereocenters. The van der Waals surface area contributed by atoms with Crippen molar-refractivity contribution < 1.29 is 14.0 Å². The Bertz CT molecular complexity index is 1120. The summed E-state index contributed by atoms with van der Waals surface area (Å²) < 4.78 is 14.7. The summed E-state index contributed by atoms with van der Waals surface area (Å²) in [6.07, 6.45) is 0. The highest BCUT2D eigenvalue weighted by molar-refractivity contribution is 7.24. The molecule has 0 radical (unpaired) electrons. The number of carbonyl (C=O) groups excluding carboxylic acids is 2. The van der Waals surface area contributed by atoms with Gasteiger partial charge in [0, 0.05) is 31.2 Å². The second-order valence-electron chi connectivity index (χ2n) is 6.75. The van der Waals surface area contributed by atoms with Crippen LogP contribution in [0, 0.1) is 12.7 Å². The van der Waals surface area contributed by atoms with Crippen LogP contribution in [0.5, 0.6) is 0 Å². The van der Waals surface area contributed by atoms with Crippen molar-refractivity contribution in [1.82, 2.24) is 14.8 Å². The number of amides is 2. The molecule has 2 aromatic heterocycles. The number of halogens is 3. The molecule has 156 valence electrons. The minimum absolute atomic E-state index is 0.0557. The fourth-order valence-electron chi connectivity index (χ4n) is 3.22. The summed E-state index contributed by atoms with van der Waals surface area (Å²) in [6, 6.07) is 7.60. The number of thiazole rings is 1. The van der Waals surface area contributed by atoms with Gasteiger partial charge in [0.2, 0.25) is 0 Å². The zero-order valence-electron chi connectivity index (χ0n) is 15.8. The molecule has 30 heavy (non-hydrogen) atoms. The van der Waals surface area contributed by atoms with E-state index in [-0.39, 0.29) is 11.5 Å². The third-order valence-electron chi connectivity index (χ3n) is 4.79. The third-order valence-corrected chi connectivity index (χ3v) is 7.57. The quantitative estimate of drug-likeness (QED) is 0.512. The van der Waals surface area contributed by atoms with Crippen LogP contribution in [0.15, 0.2) is 30.3 Å². The van der Waals surface area contributed by atoms with Gasteiger partial charge in [-0.25, -0.2) is 9.37 Å². The summed E-state index contributed by atoms with van der Waals surface area (Å²) in [7, 11) is 0. The lowest BCUT2D eigenvalue weighted by Crippen LogP contribution is -2.50. The van der Waals surface area contributed by atoms with Crippen molar-refractivity contribution in [2.45, 2.75) is 6.92 Å². The highest BCUT2D eigenvalue weighted by Gasteiger charge is 2.29. The van der Waals surface area contributed by atoms with Crippen LogP contribution in [0.4, 0.5) is 4.39 Å². The Kier molecular flexibility index (Phi) is 6.11. The molecule has 0 bridgehead atoms. The Morgan fingerprint density at radius 3 is 2.30 bits per heavy atom. The molecule has 3 heterocycles. The van der Waals surface area contributed by atoms with Crippen LogP contribution in [0.25, 0.3) is 9.88 Å². The molecule has 0 N–H and O–H groups in total. The second kappa shape index (κ2) is 8.63. The number of nitrogens with zero attached hydrogens (tertiary/aromatic N) is 3. The van der Waals surface area contributed by atoms with Gasteiger partial charge >= 0.3 is 0 Å². The predicted molar refractivity (Wildman–Crippen MR) is 118 cm³/mol. The average Bonchev–Trinajstić information content (AvgIpc) is 3.34. The van der Waals surface area contributed by atoms with Crippen molar-refractivity contribution in [3.8, 4) is 9.88 Å². The molecule has 0 atom stereocenters. The molecule has 0 saturated carbocycles. The van der Waals surface area contributed by atoms with Gasteiger partial charge < -0.3 is 9.80 Å². The van der Waals surface area contributed by atoms with Crippen molar-refractivity contribution in [2.75, 3.05) is 26.2 Å². The zero-order chi connectivity index (χ0) is 21.4. The SMILES string of the molecule is Cc1nc(-c2ccc(Cl)s2)sc1C(=O)N1CCN(C(=O)c2cc(Cl)ccc2F)CC1. The van der Waals surface area contributed by atoms with Crippen molar-refractivity contribution in [2.24, 2.45) is 0 Å². The Morgan fingerprint density at radius 1 is 1.00 bits per heavy atom. The van der Waals surface area contributed by atoms with E-state index in [4.69, 9.17) is 23.2 Å². The van der Waals surface area contributed by atoms with E-state index in [1.54, 1.807) is 11.0 Å².